The Morgan fingerprint density at radius 1 is 1.04 bits per heavy atom. The molecule has 2 amide bonds. The first-order chi connectivity index (χ1) is 12.6. The largest absolute Gasteiger partial charge is 0.383 e. The number of ether oxygens (including phenoxy) is 1. The highest BCUT2D eigenvalue weighted by Crippen LogP contribution is 2.17. The van der Waals surface area contributed by atoms with E-state index in [0.717, 1.165) is 5.56 Å². The van der Waals surface area contributed by atoms with E-state index >= 15 is 0 Å². The van der Waals surface area contributed by atoms with Crippen LogP contribution in [-0.2, 0) is 11.3 Å². The fourth-order valence-electron chi connectivity index (χ4n) is 2.83. The van der Waals surface area contributed by atoms with Gasteiger partial charge in [-0.25, -0.2) is 4.79 Å². The lowest BCUT2D eigenvalue weighted by atomic mass is 10.1. The monoisotopic (exact) mass is 355 g/mol. The maximum atomic E-state index is 12.8. The first-order valence-corrected chi connectivity index (χ1v) is 8.89. The molecule has 2 aromatic carbocycles. The van der Waals surface area contributed by atoms with E-state index in [0.29, 0.717) is 26.2 Å². The number of hydrogen-bond donors (Lipinski definition) is 1. The van der Waals surface area contributed by atoms with Crippen molar-refractivity contribution >= 4 is 6.03 Å². The minimum absolute atomic E-state index is 0.0753. The highest BCUT2D eigenvalue weighted by Gasteiger charge is 2.18. The standard InChI is InChI=1S/C21H29N3O2/c1-23(2)20(19-12-8-5-9-13-19)16-22-21(25)24(14-15-26-3)17-18-10-6-4-7-11-18/h4-13,20H,14-17H2,1-3H3,(H,22,25). The maximum absolute atomic E-state index is 12.8. The van der Waals surface area contributed by atoms with Crippen LogP contribution in [-0.4, -0.2) is 56.7 Å². The molecule has 26 heavy (non-hydrogen) atoms. The van der Waals surface area contributed by atoms with Crippen LogP contribution in [0.15, 0.2) is 60.7 Å². The molecule has 0 radical (unpaired) electrons. The van der Waals surface area contributed by atoms with Crippen molar-refractivity contribution < 1.29 is 9.53 Å². The molecule has 1 unspecified atom stereocenters. The van der Waals surface area contributed by atoms with Gasteiger partial charge in [0.1, 0.15) is 0 Å². The molecular formula is C21H29N3O2. The zero-order chi connectivity index (χ0) is 18.8. The minimum Gasteiger partial charge on any atom is -0.383 e. The minimum atomic E-state index is -0.0753. The molecule has 1 N–H and O–H groups in total. The molecule has 2 aromatic rings. The third-order valence-corrected chi connectivity index (χ3v) is 4.32. The summed E-state index contributed by atoms with van der Waals surface area (Å²) in [6.45, 7) is 2.17. The van der Waals surface area contributed by atoms with Crippen molar-refractivity contribution in [1.82, 2.24) is 15.1 Å². The smallest absolute Gasteiger partial charge is 0.317 e. The van der Waals surface area contributed by atoms with Crippen molar-refractivity contribution in [3.8, 4) is 0 Å². The van der Waals surface area contributed by atoms with E-state index in [1.54, 1.807) is 12.0 Å². The first kappa shape index (κ1) is 19.9. The number of nitrogens with zero attached hydrogens (tertiary/aromatic N) is 2. The quantitative estimate of drug-likeness (QED) is 0.752. The van der Waals surface area contributed by atoms with Crippen LogP contribution in [0.1, 0.15) is 17.2 Å². The Morgan fingerprint density at radius 3 is 2.23 bits per heavy atom. The van der Waals surface area contributed by atoms with E-state index in [1.165, 1.54) is 5.56 Å². The number of likely N-dealkylation sites (N-methyl/N-ethyl adjacent to an activating group) is 1. The highest BCUT2D eigenvalue weighted by atomic mass is 16.5. The number of amides is 2. The van der Waals surface area contributed by atoms with Crippen LogP contribution >= 0.6 is 0 Å². The Bertz CT molecular complexity index is 647. The Hall–Kier alpha value is -2.37. The normalized spacial score (nSPS) is 12.0. The Morgan fingerprint density at radius 2 is 1.65 bits per heavy atom. The van der Waals surface area contributed by atoms with E-state index in [1.807, 2.05) is 62.6 Å². The van der Waals surface area contributed by atoms with Gasteiger partial charge in [-0.05, 0) is 25.2 Å². The summed E-state index contributed by atoms with van der Waals surface area (Å²) in [6.07, 6.45) is 0. The van der Waals surface area contributed by atoms with E-state index in [4.69, 9.17) is 4.74 Å². The molecule has 5 nitrogen and oxygen atoms in total. The molecule has 0 aliphatic rings. The van der Waals surface area contributed by atoms with Gasteiger partial charge in [-0.1, -0.05) is 60.7 Å². The molecule has 1 atom stereocenters. The zero-order valence-corrected chi connectivity index (χ0v) is 15.9. The summed E-state index contributed by atoms with van der Waals surface area (Å²) in [5.74, 6) is 0. The lowest BCUT2D eigenvalue weighted by molar-refractivity contribution is 0.145. The molecule has 0 spiro atoms. The predicted octanol–water partition coefficient (Wildman–Crippen LogP) is 3.15. The van der Waals surface area contributed by atoms with Gasteiger partial charge in [0, 0.05) is 26.7 Å². The molecule has 5 heteroatoms. The summed E-state index contributed by atoms with van der Waals surface area (Å²) < 4.78 is 5.16. The average molecular weight is 355 g/mol. The lowest BCUT2D eigenvalue weighted by Crippen LogP contribution is -2.44. The molecule has 0 fully saturated rings. The summed E-state index contributed by atoms with van der Waals surface area (Å²) in [4.78, 5) is 16.7. The van der Waals surface area contributed by atoms with Crippen LogP contribution < -0.4 is 5.32 Å². The van der Waals surface area contributed by atoms with Gasteiger partial charge in [0.2, 0.25) is 0 Å². The number of benzene rings is 2. The topological polar surface area (TPSA) is 44.8 Å². The predicted molar refractivity (Wildman–Crippen MR) is 105 cm³/mol. The lowest BCUT2D eigenvalue weighted by Gasteiger charge is -2.28. The van der Waals surface area contributed by atoms with E-state index < -0.39 is 0 Å². The van der Waals surface area contributed by atoms with E-state index in [9.17, 15) is 4.79 Å². The number of hydrogen-bond acceptors (Lipinski definition) is 3. The van der Waals surface area contributed by atoms with Crippen molar-refractivity contribution in [2.75, 3.05) is 40.9 Å². The van der Waals surface area contributed by atoms with Gasteiger partial charge in [0.05, 0.1) is 12.6 Å². The number of carbonyl (C=O) groups is 1. The van der Waals surface area contributed by atoms with Gasteiger partial charge in [-0.15, -0.1) is 0 Å². The zero-order valence-electron chi connectivity index (χ0n) is 15.9. The van der Waals surface area contributed by atoms with E-state index in [2.05, 4.69) is 22.3 Å². The number of urea groups is 1. The van der Waals surface area contributed by atoms with Crippen LogP contribution in [0, 0.1) is 0 Å². The van der Waals surface area contributed by atoms with E-state index in [-0.39, 0.29) is 12.1 Å². The fourth-order valence-corrected chi connectivity index (χ4v) is 2.83. The first-order valence-electron chi connectivity index (χ1n) is 8.89. The SMILES string of the molecule is COCCN(Cc1ccccc1)C(=O)NCC(c1ccccc1)N(C)C. The van der Waals surface area contributed by atoms with Crippen molar-refractivity contribution in [3.05, 3.63) is 71.8 Å². The van der Waals surface area contributed by atoms with Gasteiger partial charge in [0.15, 0.2) is 0 Å². The van der Waals surface area contributed by atoms with Crippen molar-refractivity contribution in [2.24, 2.45) is 0 Å². The number of methoxy groups -OCH3 is 1. The van der Waals surface area contributed by atoms with Crippen LogP contribution in [0.4, 0.5) is 4.79 Å². The van der Waals surface area contributed by atoms with Gasteiger partial charge in [-0.2, -0.15) is 0 Å². The van der Waals surface area contributed by atoms with Gasteiger partial charge < -0.3 is 19.9 Å². The summed E-state index contributed by atoms with van der Waals surface area (Å²) in [5, 5.41) is 3.08. The Kier molecular flexibility index (Phi) is 8.12. The molecule has 0 aromatic heterocycles. The third kappa shape index (κ3) is 6.17. The van der Waals surface area contributed by atoms with Crippen LogP contribution in [0.3, 0.4) is 0 Å². The molecule has 2 rings (SSSR count). The molecule has 0 aliphatic carbocycles. The second kappa shape index (κ2) is 10.6. The number of nitrogens with one attached hydrogen (secondary N) is 1. The van der Waals surface area contributed by atoms with Gasteiger partial charge in [-0.3, -0.25) is 0 Å². The summed E-state index contributed by atoms with van der Waals surface area (Å²) in [6, 6.07) is 20.3. The van der Waals surface area contributed by atoms with Gasteiger partial charge >= 0.3 is 6.03 Å². The molecular weight excluding hydrogens is 326 g/mol. The third-order valence-electron chi connectivity index (χ3n) is 4.32. The second-order valence-electron chi connectivity index (χ2n) is 6.48. The molecule has 0 heterocycles. The van der Waals surface area contributed by atoms with Crippen molar-refractivity contribution in [1.29, 1.82) is 0 Å². The molecule has 140 valence electrons. The van der Waals surface area contributed by atoms with Crippen molar-refractivity contribution in [2.45, 2.75) is 12.6 Å². The van der Waals surface area contributed by atoms with Crippen LogP contribution in [0.25, 0.3) is 0 Å². The molecule has 0 aliphatic heterocycles. The Balaban J connectivity index is 2.00. The van der Waals surface area contributed by atoms with Crippen LogP contribution in [0.5, 0.6) is 0 Å². The van der Waals surface area contributed by atoms with Crippen molar-refractivity contribution in [3.63, 3.8) is 0 Å². The second-order valence-corrected chi connectivity index (χ2v) is 6.48. The summed E-state index contributed by atoms with van der Waals surface area (Å²) in [5.41, 5.74) is 2.29. The average Bonchev–Trinajstić information content (AvgIpc) is 2.66. The maximum Gasteiger partial charge on any atom is 0.317 e. The molecule has 0 saturated heterocycles. The summed E-state index contributed by atoms with van der Waals surface area (Å²) in [7, 11) is 5.70. The Labute approximate surface area is 156 Å². The number of rotatable bonds is 9. The fraction of sp³-hybridized carbons (Fsp3) is 0.381. The van der Waals surface area contributed by atoms with Gasteiger partial charge in [0.25, 0.3) is 0 Å². The van der Waals surface area contributed by atoms with Crippen LogP contribution in [0.2, 0.25) is 0 Å². The molecule has 0 saturated carbocycles. The number of carbonyl (C=O) groups excluding carboxylic acids is 1. The molecule has 0 bridgehead atoms. The summed E-state index contributed by atoms with van der Waals surface area (Å²) >= 11 is 0. The highest BCUT2D eigenvalue weighted by molar-refractivity contribution is 5.74.